The third kappa shape index (κ3) is 2.35. The number of ether oxygens (including phenoxy) is 1. The SMILES string of the molecule is Cc1ccccc1S(=O)(=O)N1CCOCC1N. The minimum absolute atomic E-state index is 0.241. The number of hydrogen-bond acceptors (Lipinski definition) is 4. The second-order valence-electron chi connectivity index (χ2n) is 4.02. The van der Waals surface area contributed by atoms with Crippen LogP contribution in [-0.2, 0) is 14.8 Å². The fourth-order valence-corrected chi connectivity index (χ4v) is 3.59. The molecule has 1 aliphatic rings. The molecule has 1 heterocycles. The standard InChI is InChI=1S/C11H16N2O3S/c1-9-4-2-3-5-10(9)17(14,15)13-6-7-16-8-11(13)12/h2-5,11H,6-8,12H2,1H3. The van der Waals surface area contributed by atoms with Gasteiger partial charge in [-0.05, 0) is 18.6 Å². The van der Waals surface area contributed by atoms with Crippen LogP contribution in [0.3, 0.4) is 0 Å². The normalized spacial score (nSPS) is 22.6. The van der Waals surface area contributed by atoms with Gasteiger partial charge in [-0.2, -0.15) is 4.31 Å². The lowest BCUT2D eigenvalue weighted by Crippen LogP contribution is -2.53. The third-order valence-corrected chi connectivity index (χ3v) is 4.88. The molecule has 0 aliphatic carbocycles. The Bertz CT molecular complexity index is 501. The maximum Gasteiger partial charge on any atom is 0.244 e. The van der Waals surface area contributed by atoms with Crippen molar-refractivity contribution in [1.29, 1.82) is 0 Å². The highest BCUT2D eigenvalue weighted by Gasteiger charge is 2.32. The Hall–Kier alpha value is -0.950. The number of nitrogens with zero attached hydrogens (tertiary/aromatic N) is 1. The van der Waals surface area contributed by atoms with Gasteiger partial charge in [0.05, 0.1) is 24.3 Å². The molecule has 1 saturated heterocycles. The van der Waals surface area contributed by atoms with E-state index in [4.69, 9.17) is 10.5 Å². The van der Waals surface area contributed by atoms with Crippen molar-refractivity contribution in [3.63, 3.8) is 0 Å². The van der Waals surface area contributed by atoms with Crippen molar-refractivity contribution in [3.8, 4) is 0 Å². The molecular weight excluding hydrogens is 240 g/mol. The molecule has 1 fully saturated rings. The van der Waals surface area contributed by atoms with Crippen LogP contribution in [0.15, 0.2) is 29.2 Å². The highest BCUT2D eigenvalue weighted by molar-refractivity contribution is 7.89. The number of nitrogens with two attached hydrogens (primary N) is 1. The molecule has 1 aliphatic heterocycles. The Labute approximate surface area is 101 Å². The van der Waals surface area contributed by atoms with E-state index in [1.165, 1.54) is 4.31 Å². The van der Waals surface area contributed by atoms with Gasteiger partial charge in [0.25, 0.3) is 0 Å². The summed E-state index contributed by atoms with van der Waals surface area (Å²) in [4.78, 5) is 0.317. The van der Waals surface area contributed by atoms with Gasteiger partial charge in [0.1, 0.15) is 0 Å². The predicted molar refractivity (Wildman–Crippen MR) is 63.9 cm³/mol. The second-order valence-corrected chi connectivity index (χ2v) is 5.88. The van der Waals surface area contributed by atoms with Crippen molar-refractivity contribution >= 4 is 10.0 Å². The van der Waals surface area contributed by atoms with Crippen LogP contribution in [0.2, 0.25) is 0 Å². The van der Waals surface area contributed by atoms with E-state index in [2.05, 4.69) is 0 Å². The first kappa shape index (κ1) is 12.5. The monoisotopic (exact) mass is 256 g/mol. The van der Waals surface area contributed by atoms with E-state index in [0.717, 1.165) is 5.56 Å². The molecule has 94 valence electrons. The molecule has 0 spiro atoms. The summed E-state index contributed by atoms with van der Waals surface area (Å²) in [5, 5.41) is 0. The third-order valence-electron chi connectivity index (χ3n) is 2.79. The van der Waals surface area contributed by atoms with Crippen LogP contribution in [0.25, 0.3) is 0 Å². The Morgan fingerprint density at radius 3 is 2.76 bits per heavy atom. The molecule has 1 aromatic rings. The molecule has 0 radical (unpaired) electrons. The number of sulfonamides is 1. The van der Waals surface area contributed by atoms with Gasteiger partial charge in [0.15, 0.2) is 0 Å². The Morgan fingerprint density at radius 1 is 1.41 bits per heavy atom. The summed E-state index contributed by atoms with van der Waals surface area (Å²) in [5.41, 5.74) is 6.50. The fraction of sp³-hybridized carbons (Fsp3) is 0.455. The Kier molecular flexibility index (Phi) is 3.48. The van der Waals surface area contributed by atoms with Gasteiger partial charge < -0.3 is 10.5 Å². The molecule has 6 heteroatoms. The van der Waals surface area contributed by atoms with Crippen LogP contribution in [-0.4, -0.2) is 38.6 Å². The lowest BCUT2D eigenvalue weighted by Gasteiger charge is -2.32. The fourth-order valence-electron chi connectivity index (χ4n) is 1.88. The smallest absolute Gasteiger partial charge is 0.244 e. The van der Waals surface area contributed by atoms with Gasteiger partial charge in [-0.15, -0.1) is 0 Å². The molecule has 0 aromatic heterocycles. The zero-order valence-electron chi connectivity index (χ0n) is 9.67. The van der Waals surface area contributed by atoms with Crippen LogP contribution in [0, 0.1) is 6.92 Å². The summed E-state index contributed by atoms with van der Waals surface area (Å²) in [6, 6.07) is 6.91. The van der Waals surface area contributed by atoms with Gasteiger partial charge >= 0.3 is 0 Å². The summed E-state index contributed by atoms with van der Waals surface area (Å²) in [5.74, 6) is 0. The van der Waals surface area contributed by atoms with Crippen molar-refractivity contribution in [3.05, 3.63) is 29.8 Å². The van der Waals surface area contributed by atoms with Crippen LogP contribution in [0.1, 0.15) is 5.56 Å². The van der Waals surface area contributed by atoms with Crippen molar-refractivity contribution in [2.75, 3.05) is 19.8 Å². The Balaban J connectivity index is 2.39. The minimum Gasteiger partial charge on any atom is -0.377 e. The topological polar surface area (TPSA) is 72.6 Å². The number of aryl methyl sites for hydroxylation is 1. The summed E-state index contributed by atoms with van der Waals surface area (Å²) < 4.78 is 31.3. The van der Waals surface area contributed by atoms with E-state index in [1.54, 1.807) is 25.1 Å². The highest BCUT2D eigenvalue weighted by Crippen LogP contribution is 2.21. The van der Waals surface area contributed by atoms with Gasteiger partial charge in [-0.1, -0.05) is 18.2 Å². The number of benzene rings is 1. The quantitative estimate of drug-likeness (QED) is 0.826. The number of morpholine rings is 1. The lowest BCUT2D eigenvalue weighted by atomic mass is 10.2. The summed E-state index contributed by atoms with van der Waals surface area (Å²) >= 11 is 0. The van der Waals surface area contributed by atoms with Crippen molar-refractivity contribution < 1.29 is 13.2 Å². The van der Waals surface area contributed by atoms with E-state index < -0.39 is 16.2 Å². The molecule has 1 unspecified atom stereocenters. The maximum absolute atomic E-state index is 12.4. The zero-order chi connectivity index (χ0) is 12.5. The van der Waals surface area contributed by atoms with Crippen LogP contribution in [0.4, 0.5) is 0 Å². The molecule has 1 atom stereocenters. The molecular formula is C11H16N2O3S. The first-order valence-corrected chi connectivity index (χ1v) is 6.88. The van der Waals surface area contributed by atoms with E-state index in [-0.39, 0.29) is 6.61 Å². The first-order chi connectivity index (χ1) is 8.03. The molecule has 0 saturated carbocycles. The van der Waals surface area contributed by atoms with Crippen LogP contribution < -0.4 is 5.73 Å². The Morgan fingerprint density at radius 2 is 2.12 bits per heavy atom. The zero-order valence-corrected chi connectivity index (χ0v) is 10.5. The van der Waals surface area contributed by atoms with E-state index in [1.807, 2.05) is 6.07 Å². The second kappa shape index (κ2) is 4.73. The first-order valence-electron chi connectivity index (χ1n) is 5.44. The van der Waals surface area contributed by atoms with Gasteiger partial charge in [-0.25, -0.2) is 8.42 Å². The van der Waals surface area contributed by atoms with Crippen LogP contribution >= 0.6 is 0 Å². The van der Waals surface area contributed by atoms with Crippen molar-refractivity contribution in [1.82, 2.24) is 4.31 Å². The molecule has 0 amide bonds. The summed E-state index contributed by atoms with van der Waals surface area (Å²) in [6.07, 6.45) is -0.603. The van der Waals surface area contributed by atoms with E-state index in [9.17, 15) is 8.42 Å². The molecule has 17 heavy (non-hydrogen) atoms. The van der Waals surface area contributed by atoms with Gasteiger partial charge in [-0.3, -0.25) is 0 Å². The molecule has 2 rings (SSSR count). The average Bonchev–Trinajstić information content (AvgIpc) is 2.29. The average molecular weight is 256 g/mol. The lowest BCUT2D eigenvalue weighted by molar-refractivity contribution is 0.0350. The summed E-state index contributed by atoms with van der Waals surface area (Å²) in [7, 11) is -3.51. The summed E-state index contributed by atoms with van der Waals surface area (Å²) in [6.45, 7) is 2.71. The number of hydrogen-bond donors (Lipinski definition) is 1. The number of rotatable bonds is 2. The highest BCUT2D eigenvalue weighted by atomic mass is 32.2. The van der Waals surface area contributed by atoms with E-state index >= 15 is 0 Å². The predicted octanol–water partition coefficient (Wildman–Crippen LogP) is 0.301. The van der Waals surface area contributed by atoms with E-state index in [0.29, 0.717) is 18.0 Å². The molecule has 0 bridgehead atoms. The van der Waals surface area contributed by atoms with Crippen molar-refractivity contribution in [2.24, 2.45) is 5.73 Å². The molecule has 1 aromatic carbocycles. The molecule has 5 nitrogen and oxygen atoms in total. The van der Waals surface area contributed by atoms with Crippen LogP contribution in [0.5, 0.6) is 0 Å². The minimum atomic E-state index is -3.51. The van der Waals surface area contributed by atoms with Gasteiger partial charge in [0, 0.05) is 6.54 Å². The maximum atomic E-state index is 12.4. The largest absolute Gasteiger partial charge is 0.377 e. The molecule has 2 N–H and O–H groups in total. The van der Waals surface area contributed by atoms with Gasteiger partial charge in [0.2, 0.25) is 10.0 Å². The van der Waals surface area contributed by atoms with Crippen molar-refractivity contribution in [2.45, 2.75) is 18.0 Å².